The van der Waals surface area contributed by atoms with Crippen molar-refractivity contribution in [1.82, 2.24) is 14.9 Å². The number of amides is 1. The average molecular weight is 371 g/mol. The zero-order valence-electron chi connectivity index (χ0n) is 16.2. The zero-order chi connectivity index (χ0) is 19.9. The minimum absolute atomic E-state index is 0.157. The molecule has 142 valence electrons. The number of para-hydroxylation sites is 1. The highest BCUT2D eigenvalue weighted by molar-refractivity contribution is 5.92. The number of aromatic nitrogens is 2. The Morgan fingerprint density at radius 3 is 2.36 bits per heavy atom. The molecule has 0 aliphatic carbocycles. The number of hydrogen-bond acceptors (Lipinski definition) is 2. The van der Waals surface area contributed by atoms with Crippen LogP contribution in [0.25, 0.3) is 5.69 Å². The van der Waals surface area contributed by atoms with Crippen LogP contribution in [0.2, 0.25) is 0 Å². The maximum absolute atomic E-state index is 12.1. The third kappa shape index (κ3) is 4.46. The average Bonchev–Trinajstić information content (AvgIpc) is 3.04. The maximum atomic E-state index is 12.1. The molecule has 0 bridgehead atoms. The molecule has 4 nitrogen and oxygen atoms in total. The largest absolute Gasteiger partial charge is 0.347 e. The van der Waals surface area contributed by atoms with Gasteiger partial charge in [-0.2, -0.15) is 0 Å². The lowest BCUT2D eigenvalue weighted by atomic mass is 10.1. The molecule has 0 aliphatic rings. The van der Waals surface area contributed by atoms with Gasteiger partial charge in [-0.3, -0.25) is 9.36 Å². The van der Waals surface area contributed by atoms with Crippen molar-refractivity contribution in [2.45, 2.75) is 26.3 Å². The summed E-state index contributed by atoms with van der Waals surface area (Å²) in [6.45, 7) is 9.67. The first kappa shape index (κ1) is 19.4. The molecule has 1 aromatic heterocycles. The second-order valence-corrected chi connectivity index (χ2v) is 6.71. The fourth-order valence-corrected chi connectivity index (χ4v) is 3.13. The molecular formula is C24H25N3O. The van der Waals surface area contributed by atoms with Gasteiger partial charge in [0.25, 0.3) is 0 Å². The van der Waals surface area contributed by atoms with Crippen LogP contribution in [0.15, 0.2) is 85.5 Å². The minimum atomic E-state index is -0.157. The van der Waals surface area contributed by atoms with Crippen LogP contribution in [0.3, 0.4) is 0 Å². The molecule has 0 saturated carbocycles. The van der Waals surface area contributed by atoms with E-state index in [1.54, 1.807) is 6.92 Å². The number of rotatable bonds is 8. The fraction of sp³-hybridized carbons (Fsp3) is 0.167. The van der Waals surface area contributed by atoms with Gasteiger partial charge in [0.2, 0.25) is 5.91 Å². The molecule has 1 amide bonds. The summed E-state index contributed by atoms with van der Waals surface area (Å²) in [7, 11) is 0. The van der Waals surface area contributed by atoms with Gasteiger partial charge in [-0.1, -0.05) is 61.2 Å². The van der Waals surface area contributed by atoms with Crippen LogP contribution in [-0.4, -0.2) is 15.5 Å². The van der Waals surface area contributed by atoms with Crippen molar-refractivity contribution in [3.05, 3.63) is 108 Å². The van der Waals surface area contributed by atoms with E-state index < -0.39 is 0 Å². The van der Waals surface area contributed by atoms with E-state index >= 15 is 0 Å². The first-order chi connectivity index (χ1) is 13.6. The van der Waals surface area contributed by atoms with Crippen molar-refractivity contribution in [3.63, 3.8) is 0 Å². The number of nitrogens with one attached hydrogen (secondary N) is 1. The summed E-state index contributed by atoms with van der Waals surface area (Å²) in [6.07, 6.45) is 3.18. The summed E-state index contributed by atoms with van der Waals surface area (Å²) in [5.74, 6) is 0.781. The normalized spacial score (nSPS) is 10.5. The van der Waals surface area contributed by atoms with Gasteiger partial charge in [-0.15, -0.1) is 6.58 Å². The molecule has 1 N–H and O–H groups in total. The monoisotopic (exact) mass is 371 g/mol. The van der Waals surface area contributed by atoms with Crippen molar-refractivity contribution >= 4 is 5.91 Å². The van der Waals surface area contributed by atoms with Gasteiger partial charge in [0.15, 0.2) is 0 Å². The van der Waals surface area contributed by atoms with Gasteiger partial charge in [0.05, 0.1) is 17.9 Å². The topological polar surface area (TPSA) is 46.9 Å². The highest BCUT2D eigenvalue weighted by Gasteiger charge is 2.18. The predicted molar refractivity (Wildman–Crippen MR) is 113 cm³/mol. The third-order valence-electron chi connectivity index (χ3n) is 4.49. The van der Waals surface area contributed by atoms with Crippen LogP contribution in [-0.2, 0) is 24.2 Å². The molecule has 0 radical (unpaired) electrons. The Hall–Kier alpha value is -3.40. The van der Waals surface area contributed by atoms with Gasteiger partial charge in [0.1, 0.15) is 5.82 Å². The molecule has 0 atom stereocenters. The summed E-state index contributed by atoms with van der Waals surface area (Å²) in [6, 6.07) is 20.4. The van der Waals surface area contributed by atoms with Gasteiger partial charge in [-0.05, 0) is 24.6 Å². The van der Waals surface area contributed by atoms with E-state index in [1.165, 1.54) is 5.56 Å². The van der Waals surface area contributed by atoms with Gasteiger partial charge >= 0.3 is 0 Å². The third-order valence-corrected chi connectivity index (χ3v) is 4.49. The van der Waals surface area contributed by atoms with Gasteiger partial charge in [-0.25, -0.2) is 4.98 Å². The summed E-state index contributed by atoms with van der Waals surface area (Å²) in [5, 5.41) is 2.95. The Bertz CT molecular complexity index is 972. The van der Waals surface area contributed by atoms with E-state index in [0.717, 1.165) is 22.9 Å². The smallest absolute Gasteiger partial charge is 0.246 e. The Labute approximate surface area is 166 Å². The van der Waals surface area contributed by atoms with Crippen LogP contribution in [0.5, 0.6) is 0 Å². The fourth-order valence-electron chi connectivity index (χ4n) is 3.13. The predicted octanol–water partition coefficient (Wildman–Crippen LogP) is 4.38. The van der Waals surface area contributed by atoms with E-state index in [0.29, 0.717) is 25.0 Å². The lowest BCUT2D eigenvalue weighted by Gasteiger charge is -2.14. The lowest BCUT2D eigenvalue weighted by Crippen LogP contribution is -2.25. The number of carbonyl (C=O) groups excluding carboxylic acids is 1. The van der Waals surface area contributed by atoms with E-state index in [-0.39, 0.29) is 5.91 Å². The second kappa shape index (κ2) is 9.00. The van der Waals surface area contributed by atoms with Crippen LogP contribution >= 0.6 is 0 Å². The SMILES string of the molecule is C=CCc1nc(Cc2ccccc2)n(-c2ccccc2)c1CNC(=O)C(=C)C. The number of carbonyl (C=O) groups is 1. The van der Waals surface area contributed by atoms with Crippen LogP contribution in [0, 0.1) is 0 Å². The van der Waals surface area contributed by atoms with Crippen LogP contribution < -0.4 is 5.32 Å². The van der Waals surface area contributed by atoms with E-state index in [1.807, 2.05) is 42.5 Å². The Balaban J connectivity index is 2.07. The zero-order valence-corrected chi connectivity index (χ0v) is 16.2. The molecule has 2 aromatic carbocycles. The molecule has 0 unspecified atom stereocenters. The molecule has 0 spiro atoms. The molecule has 3 aromatic rings. The van der Waals surface area contributed by atoms with Crippen LogP contribution in [0.4, 0.5) is 0 Å². The molecule has 1 heterocycles. The number of hydrogen-bond donors (Lipinski definition) is 1. The number of benzene rings is 2. The first-order valence-electron chi connectivity index (χ1n) is 9.33. The first-order valence-corrected chi connectivity index (χ1v) is 9.33. The maximum Gasteiger partial charge on any atom is 0.246 e. The highest BCUT2D eigenvalue weighted by Crippen LogP contribution is 2.22. The quantitative estimate of drug-likeness (QED) is 0.472. The molecule has 0 fully saturated rings. The van der Waals surface area contributed by atoms with E-state index in [9.17, 15) is 4.79 Å². The molecule has 4 heteroatoms. The molecule has 28 heavy (non-hydrogen) atoms. The van der Waals surface area contributed by atoms with E-state index in [4.69, 9.17) is 4.98 Å². The van der Waals surface area contributed by atoms with Crippen molar-refractivity contribution in [1.29, 1.82) is 0 Å². The number of allylic oxidation sites excluding steroid dienone is 1. The molecule has 0 aliphatic heterocycles. The lowest BCUT2D eigenvalue weighted by molar-refractivity contribution is -0.117. The van der Waals surface area contributed by atoms with Crippen molar-refractivity contribution in [3.8, 4) is 5.69 Å². The highest BCUT2D eigenvalue weighted by atomic mass is 16.1. The van der Waals surface area contributed by atoms with Crippen molar-refractivity contribution < 1.29 is 4.79 Å². The van der Waals surface area contributed by atoms with Crippen molar-refractivity contribution in [2.24, 2.45) is 0 Å². The minimum Gasteiger partial charge on any atom is -0.347 e. The Kier molecular flexibility index (Phi) is 6.22. The summed E-state index contributed by atoms with van der Waals surface area (Å²) in [5.41, 5.74) is 4.59. The second-order valence-electron chi connectivity index (χ2n) is 6.71. The molecule has 3 rings (SSSR count). The number of nitrogens with zero attached hydrogens (tertiary/aromatic N) is 2. The molecule has 0 saturated heterocycles. The Morgan fingerprint density at radius 1 is 1.11 bits per heavy atom. The van der Waals surface area contributed by atoms with E-state index in [2.05, 4.69) is 47.3 Å². The summed E-state index contributed by atoms with van der Waals surface area (Å²) >= 11 is 0. The van der Waals surface area contributed by atoms with Gasteiger partial charge < -0.3 is 5.32 Å². The summed E-state index contributed by atoms with van der Waals surface area (Å²) < 4.78 is 2.14. The van der Waals surface area contributed by atoms with Crippen molar-refractivity contribution in [2.75, 3.05) is 0 Å². The number of imidazole rings is 1. The summed E-state index contributed by atoms with van der Waals surface area (Å²) in [4.78, 5) is 17.0. The Morgan fingerprint density at radius 2 is 1.75 bits per heavy atom. The standard InChI is InChI=1S/C24H25N3O/c1-4-11-21-22(17-25-24(28)18(2)3)27(20-14-9-6-10-15-20)23(26-21)16-19-12-7-5-8-13-19/h4-10,12-15H,1-2,11,16-17H2,3H3,(H,25,28). The van der Waals surface area contributed by atoms with Gasteiger partial charge in [0, 0.05) is 24.1 Å². The molecular weight excluding hydrogens is 346 g/mol. The van der Waals surface area contributed by atoms with Crippen LogP contribution in [0.1, 0.15) is 29.7 Å².